The van der Waals surface area contributed by atoms with Crippen molar-refractivity contribution in [3.63, 3.8) is 0 Å². The normalized spacial score (nSPS) is 19.5. The maximum atomic E-state index is 13.4. The smallest absolute Gasteiger partial charge is 0.223 e. The lowest BCUT2D eigenvalue weighted by atomic mass is 10.1. The van der Waals surface area contributed by atoms with E-state index in [1.807, 2.05) is 0 Å². The number of hydrogen-bond donors (Lipinski definition) is 0. The van der Waals surface area contributed by atoms with Crippen molar-refractivity contribution < 1.29 is 22.4 Å². The van der Waals surface area contributed by atoms with Gasteiger partial charge in [-0.15, -0.1) is 0 Å². The Morgan fingerprint density at radius 3 is 2.62 bits per heavy atom. The van der Waals surface area contributed by atoms with Gasteiger partial charge in [0, 0.05) is 31.5 Å². The molecular weight excluding hydrogens is 333 g/mol. The second-order valence-electron chi connectivity index (χ2n) is 5.88. The average molecular weight is 353 g/mol. The molecule has 1 saturated heterocycles. The maximum absolute atomic E-state index is 13.4. The Hall–Kier alpha value is -2.02. The number of ketones is 1. The molecule has 1 aliphatic rings. The minimum atomic E-state index is -3.06. The van der Waals surface area contributed by atoms with Crippen LogP contribution < -0.4 is 0 Å². The zero-order valence-electron chi connectivity index (χ0n) is 13.4. The molecule has 7 heteroatoms. The van der Waals surface area contributed by atoms with Crippen molar-refractivity contribution in [2.75, 3.05) is 18.6 Å². The van der Waals surface area contributed by atoms with Gasteiger partial charge in [0.2, 0.25) is 5.91 Å². The van der Waals surface area contributed by atoms with Crippen LogP contribution in [0.15, 0.2) is 30.3 Å². The fourth-order valence-corrected chi connectivity index (χ4v) is 4.34. The molecule has 1 fully saturated rings. The average Bonchev–Trinajstić information content (AvgIpc) is 2.91. The maximum Gasteiger partial charge on any atom is 0.223 e. The largest absolute Gasteiger partial charge is 0.342 e. The molecule has 0 N–H and O–H groups in total. The van der Waals surface area contributed by atoms with Gasteiger partial charge in [0.15, 0.2) is 15.6 Å². The zero-order chi connectivity index (χ0) is 17.7. The molecule has 1 heterocycles. The van der Waals surface area contributed by atoms with Gasteiger partial charge in [-0.3, -0.25) is 9.59 Å². The van der Waals surface area contributed by atoms with Gasteiger partial charge in [-0.2, -0.15) is 0 Å². The Morgan fingerprint density at radius 1 is 1.29 bits per heavy atom. The quantitative estimate of drug-likeness (QED) is 0.732. The highest BCUT2D eigenvalue weighted by molar-refractivity contribution is 7.91. The number of sulfone groups is 1. The van der Waals surface area contributed by atoms with Crippen LogP contribution in [0.2, 0.25) is 0 Å². The van der Waals surface area contributed by atoms with Crippen molar-refractivity contribution in [3.05, 3.63) is 41.7 Å². The lowest BCUT2D eigenvalue weighted by Crippen LogP contribution is -2.37. The molecule has 24 heavy (non-hydrogen) atoms. The first-order valence-corrected chi connectivity index (χ1v) is 9.52. The van der Waals surface area contributed by atoms with E-state index in [4.69, 9.17) is 0 Å². The number of nitrogens with zero attached hydrogens (tertiary/aromatic N) is 1. The fraction of sp³-hybridized carbons (Fsp3) is 0.412. The molecule has 1 aromatic carbocycles. The lowest BCUT2D eigenvalue weighted by Gasteiger charge is -2.23. The van der Waals surface area contributed by atoms with E-state index in [0.29, 0.717) is 12.0 Å². The Balaban J connectivity index is 1.83. The number of amides is 1. The van der Waals surface area contributed by atoms with Gasteiger partial charge in [-0.05, 0) is 24.6 Å². The van der Waals surface area contributed by atoms with E-state index in [9.17, 15) is 22.4 Å². The Labute approximate surface area is 141 Å². The van der Waals surface area contributed by atoms with Crippen LogP contribution in [-0.2, 0) is 19.4 Å². The Kier molecular flexibility index (Phi) is 5.88. The predicted molar refractivity (Wildman–Crippen MR) is 89.5 cm³/mol. The summed E-state index contributed by atoms with van der Waals surface area (Å²) < 4.78 is 36.3. The van der Waals surface area contributed by atoms with E-state index in [1.54, 1.807) is 25.2 Å². The second kappa shape index (κ2) is 7.70. The summed E-state index contributed by atoms with van der Waals surface area (Å²) in [6.45, 7) is 0. The van der Waals surface area contributed by atoms with Crippen molar-refractivity contribution in [1.29, 1.82) is 0 Å². The first-order chi connectivity index (χ1) is 11.3. The molecular formula is C17H20FNO4S. The van der Waals surface area contributed by atoms with Crippen LogP contribution in [0.1, 0.15) is 24.8 Å². The summed E-state index contributed by atoms with van der Waals surface area (Å²) in [4.78, 5) is 25.3. The summed E-state index contributed by atoms with van der Waals surface area (Å²) in [5.41, 5.74) is 0.311. The molecule has 1 amide bonds. The Bertz CT molecular complexity index is 758. The molecule has 1 atom stereocenters. The van der Waals surface area contributed by atoms with Crippen molar-refractivity contribution in [2.24, 2.45) is 0 Å². The van der Waals surface area contributed by atoms with Gasteiger partial charge < -0.3 is 4.90 Å². The molecule has 0 bridgehead atoms. The Morgan fingerprint density at radius 2 is 2.00 bits per heavy atom. The van der Waals surface area contributed by atoms with Crippen LogP contribution >= 0.6 is 0 Å². The number of rotatable bonds is 6. The third-order valence-electron chi connectivity index (χ3n) is 4.09. The number of carbonyl (C=O) groups excluding carboxylic acids is 2. The molecule has 0 aliphatic carbocycles. The minimum Gasteiger partial charge on any atom is -0.342 e. The van der Waals surface area contributed by atoms with Crippen LogP contribution in [0.3, 0.4) is 0 Å². The van der Waals surface area contributed by atoms with Crippen molar-refractivity contribution in [3.8, 4) is 0 Å². The molecule has 1 aromatic rings. The number of benzene rings is 1. The SMILES string of the molecule is CN(C(=O)CCC(=O)/C=C/c1ccccc1F)C1CCS(=O)(=O)C1. The van der Waals surface area contributed by atoms with Gasteiger partial charge in [0.1, 0.15) is 5.82 Å². The van der Waals surface area contributed by atoms with E-state index < -0.39 is 15.7 Å². The highest BCUT2D eigenvalue weighted by Gasteiger charge is 2.32. The summed E-state index contributed by atoms with van der Waals surface area (Å²) in [5.74, 6) is -0.876. The molecule has 0 saturated carbocycles. The van der Waals surface area contributed by atoms with E-state index in [2.05, 4.69) is 0 Å². The van der Waals surface area contributed by atoms with Crippen LogP contribution in [0.4, 0.5) is 4.39 Å². The van der Waals surface area contributed by atoms with Gasteiger partial charge in [0.05, 0.1) is 11.5 Å². The molecule has 1 aliphatic heterocycles. The summed E-state index contributed by atoms with van der Waals surface area (Å²) in [6.07, 6.45) is 3.09. The van der Waals surface area contributed by atoms with E-state index in [0.717, 1.165) is 0 Å². The van der Waals surface area contributed by atoms with E-state index in [-0.39, 0.29) is 42.1 Å². The number of halogens is 1. The lowest BCUT2D eigenvalue weighted by molar-refractivity contribution is -0.133. The highest BCUT2D eigenvalue weighted by Crippen LogP contribution is 2.17. The first-order valence-electron chi connectivity index (χ1n) is 7.70. The molecule has 0 spiro atoms. The van der Waals surface area contributed by atoms with E-state index in [1.165, 1.54) is 23.1 Å². The molecule has 5 nitrogen and oxygen atoms in total. The van der Waals surface area contributed by atoms with Crippen molar-refractivity contribution in [2.45, 2.75) is 25.3 Å². The predicted octanol–water partition coefficient (Wildman–Crippen LogP) is 1.83. The third kappa shape index (κ3) is 4.99. The summed E-state index contributed by atoms with van der Waals surface area (Å²) in [7, 11) is -1.49. The number of hydrogen-bond acceptors (Lipinski definition) is 4. The summed E-state index contributed by atoms with van der Waals surface area (Å²) in [6, 6.07) is 5.77. The van der Waals surface area contributed by atoms with Crippen LogP contribution in [0.5, 0.6) is 0 Å². The van der Waals surface area contributed by atoms with Crippen molar-refractivity contribution >= 4 is 27.6 Å². The zero-order valence-corrected chi connectivity index (χ0v) is 14.3. The summed E-state index contributed by atoms with van der Waals surface area (Å²) in [5, 5.41) is 0. The number of carbonyl (C=O) groups is 2. The third-order valence-corrected chi connectivity index (χ3v) is 5.84. The van der Waals surface area contributed by atoms with Gasteiger partial charge in [-0.1, -0.05) is 18.2 Å². The second-order valence-corrected chi connectivity index (χ2v) is 8.11. The van der Waals surface area contributed by atoms with Crippen LogP contribution in [-0.4, -0.2) is 49.6 Å². The standard InChI is InChI=1S/C17H20FNO4S/c1-19(14-10-11-24(22,23)12-14)17(21)9-8-15(20)7-6-13-4-2-3-5-16(13)18/h2-7,14H,8-12H2,1H3/b7-6+. The molecule has 130 valence electrons. The highest BCUT2D eigenvalue weighted by atomic mass is 32.2. The molecule has 1 unspecified atom stereocenters. The minimum absolute atomic E-state index is 0.00743. The number of allylic oxidation sites excluding steroid dienone is 1. The van der Waals surface area contributed by atoms with E-state index >= 15 is 0 Å². The van der Waals surface area contributed by atoms with Gasteiger partial charge in [-0.25, -0.2) is 12.8 Å². The van der Waals surface area contributed by atoms with Crippen molar-refractivity contribution in [1.82, 2.24) is 4.90 Å². The first kappa shape index (κ1) is 18.3. The van der Waals surface area contributed by atoms with Gasteiger partial charge in [0.25, 0.3) is 0 Å². The van der Waals surface area contributed by atoms with Crippen LogP contribution in [0, 0.1) is 5.82 Å². The topological polar surface area (TPSA) is 71.5 Å². The monoisotopic (exact) mass is 353 g/mol. The van der Waals surface area contributed by atoms with Crippen LogP contribution in [0.25, 0.3) is 6.08 Å². The molecule has 0 aromatic heterocycles. The summed E-state index contributed by atoms with van der Waals surface area (Å²) >= 11 is 0. The van der Waals surface area contributed by atoms with Gasteiger partial charge >= 0.3 is 0 Å². The fourth-order valence-electron chi connectivity index (χ4n) is 2.57. The molecule has 0 radical (unpaired) electrons. The molecule has 2 rings (SSSR count).